The highest BCUT2D eigenvalue weighted by Gasteiger charge is 2.28. The van der Waals surface area contributed by atoms with Crippen molar-refractivity contribution in [1.82, 2.24) is 5.32 Å². The molecule has 0 saturated heterocycles. The number of hydrogen-bond donors (Lipinski definition) is 3. The van der Waals surface area contributed by atoms with Crippen LogP contribution in [0.2, 0.25) is 0 Å². The molecule has 8 nitrogen and oxygen atoms in total. The van der Waals surface area contributed by atoms with Crippen molar-refractivity contribution in [2.75, 3.05) is 40.9 Å². The van der Waals surface area contributed by atoms with E-state index < -0.39 is 20.0 Å². The van der Waals surface area contributed by atoms with Crippen molar-refractivity contribution in [3.05, 3.63) is 0 Å². The number of rotatable bonds is 41. The van der Waals surface area contributed by atoms with Crippen molar-refractivity contribution >= 4 is 13.7 Å². The van der Waals surface area contributed by atoms with E-state index in [1.165, 1.54) is 154 Å². The standard InChI is InChI=1S/C43H89N2O6P/c1-6-8-10-12-14-16-18-20-22-23-25-27-29-31-33-35-37-43(47)44-41(40-51-52(48,49)50-39-38-45(3,4)5)42(46)36-34-32-30-28-26-24-21-19-17-15-13-11-9-7-2/h41-42,46H,6-40H2,1-5H3,(H-,44,47,48,49)/p+1. The number of amides is 1. The molecule has 0 aliphatic carbocycles. The molecule has 9 heteroatoms. The first kappa shape index (κ1) is 51.5. The maximum Gasteiger partial charge on any atom is 0.472 e. The Morgan fingerprint density at radius 1 is 0.577 bits per heavy atom. The molecule has 0 bridgehead atoms. The molecule has 3 atom stereocenters. The van der Waals surface area contributed by atoms with Gasteiger partial charge in [0.15, 0.2) is 0 Å². The van der Waals surface area contributed by atoms with Gasteiger partial charge in [-0.2, -0.15) is 0 Å². The predicted octanol–water partition coefficient (Wildman–Crippen LogP) is 12.2. The first-order valence-corrected chi connectivity index (χ1v) is 23.9. The molecule has 52 heavy (non-hydrogen) atoms. The third kappa shape index (κ3) is 37.8. The summed E-state index contributed by atoms with van der Waals surface area (Å²) in [6.45, 7) is 4.90. The van der Waals surface area contributed by atoms with Crippen LogP contribution in [0, 0.1) is 0 Å². The number of aliphatic hydroxyl groups is 1. The highest BCUT2D eigenvalue weighted by atomic mass is 31.2. The third-order valence-electron chi connectivity index (χ3n) is 10.4. The molecule has 0 fully saturated rings. The Hall–Kier alpha value is -0.500. The fourth-order valence-corrected chi connectivity index (χ4v) is 7.49. The van der Waals surface area contributed by atoms with E-state index in [2.05, 4.69) is 19.2 Å². The van der Waals surface area contributed by atoms with Gasteiger partial charge in [-0.3, -0.25) is 13.8 Å². The average Bonchev–Trinajstić information content (AvgIpc) is 3.09. The zero-order valence-corrected chi connectivity index (χ0v) is 36.2. The summed E-state index contributed by atoms with van der Waals surface area (Å²) in [5.74, 6) is -0.141. The Morgan fingerprint density at radius 3 is 1.29 bits per heavy atom. The lowest BCUT2D eigenvalue weighted by molar-refractivity contribution is -0.870. The Bertz CT molecular complexity index is 824. The number of unbranched alkanes of at least 4 members (excludes halogenated alkanes) is 28. The fraction of sp³-hybridized carbons (Fsp3) is 0.977. The number of likely N-dealkylation sites (N-methyl/N-ethyl adjacent to an activating group) is 1. The summed E-state index contributed by atoms with van der Waals surface area (Å²) in [6, 6.07) is -0.752. The lowest BCUT2D eigenvalue weighted by atomic mass is 10.0. The Balaban J connectivity index is 4.33. The highest BCUT2D eigenvalue weighted by molar-refractivity contribution is 7.47. The van der Waals surface area contributed by atoms with Crippen LogP contribution in [0.25, 0.3) is 0 Å². The first-order chi connectivity index (χ1) is 25.0. The van der Waals surface area contributed by atoms with E-state index in [0.29, 0.717) is 23.9 Å². The van der Waals surface area contributed by atoms with Gasteiger partial charge in [-0.15, -0.1) is 0 Å². The van der Waals surface area contributed by atoms with Crippen molar-refractivity contribution in [2.24, 2.45) is 0 Å². The van der Waals surface area contributed by atoms with Crippen molar-refractivity contribution < 1.29 is 32.9 Å². The number of phosphoric acid groups is 1. The van der Waals surface area contributed by atoms with Crippen LogP contribution in [0.3, 0.4) is 0 Å². The number of nitrogens with zero attached hydrogens (tertiary/aromatic N) is 1. The predicted molar refractivity (Wildman–Crippen MR) is 222 cm³/mol. The SMILES string of the molecule is CCCCCCCCCCCCCCCCCCC(=O)NC(COP(=O)(O)OCC[N+](C)(C)C)C(O)CCCCCCCCCCCCCCCC. The second-order valence-electron chi connectivity index (χ2n) is 16.8. The average molecular weight is 762 g/mol. The van der Waals surface area contributed by atoms with E-state index in [-0.39, 0.29) is 19.1 Å². The Kier molecular flexibility index (Phi) is 35.8. The molecule has 0 radical (unpaired) electrons. The van der Waals surface area contributed by atoms with E-state index in [4.69, 9.17) is 9.05 Å². The normalized spacial score (nSPS) is 14.4. The van der Waals surface area contributed by atoms with Crippen LogP contribution < -0.4 is 5.32 Å². The van der Waals surface area contributed by atoms with Gasteiger partial charge in [0.05, 0.1) is 39.9 Å². The lowest BCUT2D eigenvalue weighted by Crippen LogP contribution is -2.46. The van der Waals surface area contributed by atoms with Crippen LogP contribution in [0.1, 0.15) is 219 Å². The highest BCUT2D eigenvalue weighted by Crippen LogP contribution is 2.43. The maximum atomic E-state index is 12.9. The minimum Gasteiger partial charge on any atom is -0.391 e. The number of aliphatic hydroxyl groups excluding tert-OH is 1. The Labute approximate surface area is 323 Å². The van der Waals surface area contributed by atoms with Crippen LogP contribution >= 0.6 is 7.82 Å². The number of phosphoric ester groups is 1. The van der Waals surface area contributed by atoms with Gasteiger partial charge in [0.25, 0.3) is 0 Å². The molecule has 0 aromatic carbocycles. The minimum absolute atomic E-state index is 0.0785. The van der Waals surface area contributed by atoms with E-state index in [1.807, 2.05) is 21.1 Å². The summed E-state index contributed by atoms with van der Waals surface area (Å²) in [5, 5.41) is 13.9. The van der Waals surface area contributed by atoms with Gasteiger partial charge < -0.3 is 19.8 Å². The molecule has 0 spiro atoms. The second kappa shape index (κ2) is 36.2. The van der Waals surface area contributed by atoms with Crippen molar-refractivity contribution in [3.63, 3.8) is 0 Å². The molecule has 3 unspecified atom stereocenters. The molecule has 0 aromatic rings. The molecule has 3 N–H and O–H groups in total. The van der Waals surface area contributed by atoms with Crippen LogP contribution in [0.5, 0.6) is 0 Å². The number of hydrogen-bond acceptors (Lipinski definition) is 5. The van der Waals surface area contributed by atoms with E-state index in [0.717, 1.165) is 38.5 Å². The summed E-state index contributed by atoms with van der Waals surface area (Å²) in [5.41, 5.74) is 0. The molecular weight excluding hydrogens is 671 g/mol. The molecule has 1 amide bonds. The molecule has 0 rings (SSSR count). The van der Waals surface area contributed by atoms with Gasteiger partial charge >= 0.3 is 7.82 Å². The largest absolute Gasteiger partial charge is 0.472 e. The van der Waals surface area contributed by atoms with E-state index in [9.17, 15) is 19.4 Å². The monoisotopic (exact) mass is 762 g/mol. The number of carbonyl (C=O) groups is 1. The van der Waals surface area contributed by atoms with Crippen molar-refractivity contribution in [1.29, 1.82) is 0 Å². The summed E-state index contributed by atoms with van der Waals surface area (Å²) in [4.78, 5) is 23.1. The topological polar surface area (TPSA) is 105 Å². The van der Waals surface area contributed by atoms with Gasteiger partial charge in [0.2, 0.25) is 5.91 Å². The molecule has 0 aliphatic rings. The smallest absolute Gasteiger partial charge is 0.391 e. The van der Waals surface area contributed by atoms with Crippen LogP contribution in [-0.2, 0) is 18.4 Å². The van der Waals surface area contributed by atoms with Crippen LogP contribution in [-0.4, -0.2) is 73.4 Å². The Morgan fingerprint density at radius 2 is 0.923 bits per heavy atom. The van der Waals surface area contributed by atoms with Crippen LogP contribution in [0.4, 0.5) is 0 Å². The molecule has 0 saturated carbocycles. The summed E-state index contributed by atoms with van der Waals surface area (Å²) in [6.07, 6.45) is 38.3. The maximum absolute atomic E-state index is 12.9. The zero-order valence-electron chi connectivity index (χ0n) is 35.3. The minimum atomic E-state index is -4.30. The van der Waals surface area contributed by atoms with Crippen molar-refractivity contribution in [2.45, 2.75) is 231 Å². The van der Waals surface area contributed by atoms with Gasteiger partial charge in [-0.05, 0) is 12.8 Å². The van der Waals surface area contributed by atoms with Crippen molar-refractivity contribution in [3.8, 4) is 0 Å². The number of nitrogens with one attached hydrogen (secondary N) is 1. The van der Waals surface area contributed by atoms with Gasteiger partial charge in [-0.25, -0.2) is 4.57 Å². The summed E-state index contributed by atoms with van der Waals surface area (Å²) >= 11 is 0. The van der Waals surface area contributed by atoms with E-state index in [1.54, 1.807) is 0 Å². The summed E-state index contributed by atoms with van der Waals surface area (Å²) in [7, 11) is 1.63. The first-order valence-electron chi connectivity index (χ1n) is 22.4. The van der Waals surface area contributed by atoms with Gasteiger partial charge in [0, 0.05) is 6.42 Å². The summed E-state index contributed by atoms with van der Waals surface area (Å²) < 4.78 is 23.6. The molecule has 0 aromatic heterocycles. The molecule has 0 heterocycles. The number of carbonyl (C=O) groups excluding carboxylic acids is 1. The van der Waals surface area contributed by atoms with Gasteiger partial charge in [-0.1, -0.05) is 200 Å². The van der Waals surface area contributed by atoms with Gasteiger partial charge in [0.1, 0.15) is 13.2 Å². The molecular formula is C43H90N2O6P+. The third-order valence-corrected chi connectivity index (χ3v) is 11.3. The molecule has 312 valence electrons. The quantitative estimate of drug-likeness (QED) is 0.0325. The zero-order chi connectivity index (χ0) is 38.6. The van der Waals surface area contributed by atoms with Crippen LogP contribution in [0.15, 0.2) is 0 Å². The fourth-order valence-electron chi connectivity index (χ4n) is 6.75. The molecule has 0 aliphatic heterocycles. The van der Waals surface area contributed by atoms with E-state index >= 15 is 0 Å². The lowest BCUT2D eigenvalue weighted by Gasteiger charge is -2.26. The second-order valence-corrected chi connectivity index (χ2v) is 18.2. The number of quaternary nitrogens is 1.